The van der Waals surface area contributed by atoms with Crippen molar-refractivity contribution in [2.75, 3.05) is 11.9 Å². The van der Waals surface area contributed by atoms with Crippen LogP contribution in [0.15, 0.2) is 28.1 Å². The topological polar surface area (TPSA) is 48.7 Å². The van der Waals surface area contributed by atoms with Gasteiger partial charge in [-0.05, 0) is 35.0 Å². The number of benzene rings is 1. The van der Waals surface area contributed by atoms with Crippen molar-refractivity contribution in [2.24, 2.45) is 0 Å². The molecule has 0 aliphatic heterocycles. The maximum atomic E-state index is 9.09. The van der Waals surface area contributed by atoms with Crippen LogP contribution in [0.5, 0.6) is 0 Å². The number of hydrogen-bond donors (Lipinski definition) is 1. The summed E-state index contributed by atoms with van der Waals surface area (Å²) >= 11 is 5.04. The van der Waals surface area contributed by atoms with Crippen LogP contribution in [-0.2, 0) is 6.42 Å². The van der Waals surface area contributed by atoms with Crippen molar-refractivity contribution in [3.63, 3.8) is 0 Å². The molecule has 3 nitrogen and oxygen atoms in total. The van der Waals surface area contributed by atoms with Gasteiger partial charge in [0.05, 0.1) is 22.0 Å². The average Bonchev–Trinajstić information content (AvgIpc) is 2.75. The predicted octanol–water partition coefficient (Wildman–Crippen LogP) is 3.74. The summed E-state index contributed by atoms with van der Waals surface area (Å²) in [6.07, 6.45) is 0.863. The van der Waals surface area contributed by atoms with Gasteiger partial charge in [-0.25, -0.2) is 4.98 Å². The minimum atomic E-state index is 0.645. The first-order chi connectivity index (χ1) is 8.70. The SMILES string of the molecule is Cc1nc(CCNc2cccc(Br)c2C#N)cs1. The second kappa shape index (κ2) is 5.98. The van der Waals surface area contributed by atoms with Crippen molar-refractivity contribution in [1.82, 2.24) is 4.98 Å². The molecule has 92 valence electrons. The summed E-state index contributed by atoms with van der Waals surface area (Å²) in [6.45, 7) is 2.78. The molecule has 5 heteroatoms. The molecule has 1 aromatic heterocycles. The molecule has 0 aliphatic carbocycles. The largest absolute Gasteiger partial charge is 0.384 e. The van der Waals surface area contributed by atoms with Crippen LogP contribution in [0.1, 0.15) is 16.3 Å². The van der Waals surface area contributed by atoms with Gasteiger partial charge in [0.2, 0.25) is 0 Å². The number of nitriles is 1. The smallest absolute Gasteiger partial charge is 0.103 e. The van der Waals surface area contributed by atoms with Gasteiger partial charge >= 0.3 is 0 Å². The third-order valence-electron chi connectivity index (χ3n) is 2.49. The summed E-state index contributed by atoms with van der Waals surface area (Å²) in [4.78, 5) is 4.41. The van der Waals surface area contributed by atoms with E-state index < -0.39 is 0 Å². The summed E-state index contributed by atoms with van der Waals surface area (Å²) in [6, 6.07) is 7.89. The standard InChI is InChI=1S/C13H12BrN3S/c1-9-17-10(8-18-9)5-6-16-13-4-2-3-12(14)11(13)7-15/h2-4,8,16H,5-6H2,1H3. The number of anilines is 1. The Bertz CT molecular complexity index is 586. The molecule has 1 aromatic carbocycles. The Hall–Kier alpha value is -1.38. The summed E-state index contributed by atoms with van der Waals surface area (Å²) in [5, 5.41) is 15.5. The van der Waals surface area contributed by atoms with Crippen molar-refractivity contribution < 1.29 is 0 Å². The van der Waals surface area contributed by atoms with Gasteiger partial charge in [0, 0.05) is 22.8 Å². The molecular weight excluding hydrogens is 310 g/mol. The zero-order valence-electron chi connectivity index (χ0n) is 9.90. The highest BCUT2D eigenvalue weighted by Gasteiger charge is 2.05. The molecule has 0 spiro atoms. The molecule has 0 saturated carbocycles. The minimum Gasteiger partial charge on any atom is -0.384 e. The molecule has 18 heavy (non-hydrogen) atoms. The maximum Gasteiger partial charge on any atom is 0.103 e. The van der Waals surface area contributed by atoms with E-state index in [1.807, 2.05) is 25.1 Å². The van der Waals surface area contributed by atoms with Crippen molar-refractivity contribution in [3.05, 3.63) is 44.3 Å². The van der Waals surface area contributed by atoms with E-state index in [2.05, 4.69) is 37.7 Å². The van der Waals surface area contributed by atoms with Crippen LogP contribution in [0.4, 0.5) is 5.69 Å². The molecule has 0 radical (unpaired) electrons. The highest BCUT2D eigenvalue weighted by atomic mass is 79.9. The van der Waals surface area contributed by atoms with E-state index >= 15 is 0 Å². The number of aryl methyl sites for hydroxylation is 1. The first kappa shape index (κ1) is 13.1. The first-order valence-corrected chi connectivity index (χ1v) is 7.21. The Balaban J connectivity index is 1.99. The second-order valence-corrected chi connectivity index (χ2v) is 5.73. The number of rotatable bonds is 4. The summed E-state index contributed by atoms with van der Waals surface area (Å²) < 4.78 is 0.819. The molecule has 0 aliphatic rings. The number of thiazole rings is 1. The lowest BCUT2D eigenvalue weighted by Gasteiger charge is -2.08. The van der Waals surface area contributed by atoms with Gasteiger partial charge in [-0.15, -0.1) is 11.3 Å². The quantitative estimate of drug-likeness (QED) is 0.933. The highest BCUT2D eigenvalue weighted by Crippen LogP contribution is 2.23. The fourth-order valence-corrected chi connectivity index (χ4v) is 2.74. The molecule has 2 aromatic rings. The van der Waals surface area contributed by atoms with Gasteiger partial charge in [0.25, 0.3) is 0 Å². The molecule has 0 bridgehead atoms. The molecule has 1 N–H and O–H groups in total. The minimum absolute atomic E-state index is 0.645. The molecule has 0 amide bonds. The summed E-state index contributed by atoms with van der Waals surface area (Å²) in [5.74, 6) is 0. The van der Waals surface area contributed by atoms with Crippen LogP contribution in [0, 0.1) is 18.3 Å². The molecular formula is C13H12BrN3S. The van der Waals surface area contributed by atoms with E-state index in [4.69, 9.17) is 5.26 Å². The highest BCUT2D eigenvalue weighted by molar-refractivity contribution is 9.10. The second-order valence-electron chi connectivity index (χ2n) is 3.81. The first-order valence-electron chi connectivity index (χ1n) is 5.54. The van der Waals surface area contributed by atoms with E-state index in [-0.39, 0.29) is 0 Å². The molecule has 0 atom stereocenters. The fourth-order valence-electron chi connectivity index (χ4n) is 1.63. The number of nitrogens with zero attached hydrogens (tertiary/aromatic N) is 2. The summed E-state index contributed by atoms with van der Waals surface area (Å²) in [5.41, 5.74) is 2.60. The van der Waals surface area contributed by atoms with E-state index in [1.54, 1.807) is 11.3 Å². The van der Waals surface area contributed by atoms with Crippen LogP contribution in [0.3, 0.4) is 0 Å². The van der Waals surface area contributed by atoms with Crippen molar-refractivity contribution in [3.8, 4) is 6.07 Å². The average molecular weight is 322 g/mol. The molecule has 0 saturated heterocycles. The van der Waals surface area contributed by atoms with E-state index in [0.29, 0.717) is 5.56 Å². The number of aromatic nitrogens is 1. The molecule has 1 heterocycles. The molecule has 0 fully saturated rings. The Labute approximate surface area is 119 Å². The zero-order valence-corrected chi connectivity index (χ0v) is 12.3. The van der Waals surface area contributed by atoms with Gasteiger partial charge in [0.15, 0.2) is 0 Å². The lowest BCUT2D eigenvalue weighted by Crippen LogP contribution is -2.06. The number of hydrogen-bond acceptors (Lipinski definition) is 4. The Morgan fingerprint density at radius 3 is 3.00 bits per heavy atom. The maximum absolute atomic E-state index is 9.09. The Morgan fingerprint density at radius 1 is 1.50 bits per heavy atom. The van der Waals surface area contributed by atoms with Gasteiger partial charge in [-0.3, -0.25) is 0 Å². The van der Waals surface area contributed by atoms with Gasteiger partial charge in [-0.2, -0.15) is 5.26 Å². The predicted molar refractivity (Wildman–Crippen MR) is 77.9 cm³/mol. The van der Waals surface area contributed by atoms with Crippen molar-refractivity contribution in [2.45, 2.75) is 13.3 Å². The molecule has 0 unspecified atom stereocenters. The molecule has 2 rings (SSSR count). The van der Waals surface area contributed by atoms with Gasteiger partial charge in [0.1, 0.15) is 6.07 Å². The van der Waals surface area contributed by atoms with Gasteiger partial charge in [-0.1, -0.05) is 6.07 Å². The van der Waals surface area contributed by atoms with Crippen LogP contribution < -0.4 is 5.32 Å². The Morgan fingerprint density at radius 2 is 2.33 bits per heavy atom. The van der Waals surface area contributed by atoms with Crippen LogP contribution in [-0.4, -0.2) is 11.5 Å². The van der Waals surface area contributed by atoms with E-state index in [9.17, 15) is 0 Å². The lowest BCUT2D eigenvalue weighted by molar-refractivity contribution is 0.967. The lowest BCUT2D eigenvalue weighted by atomic mass is 10.2. The third-order valence-corrected chi connectivity index (χ3v) is 3.97. The van der Waals surface area contributed by atoms with Gasteiger partial charge < -0.3 is 5.32 Å². The fraction of sp³-hybridized carbons (Fsp3) is 0.231. The van der Waals surface area contributed by atoms with E-state index in [1.165, 1.54) is 0 Å². The third kappa shape index (κ3) is 3.09. The van der Waals surface area contributed by atoms with Crippen LogP contribution in [0.2, 0.25) is 0 Å². The van der Waals surface area contributed by atoms with Crippen LogP contribution >= 0.6 is 27.3 Å². The Kier molecular flexibility index (Phi) is 4.34. The normalized spacial score (nSPS) is 10.1. The number of nitrogens with one attached hydrogen (secondary N) is 1. The number of halogens is 1. The van der Waals surface area contributed by atoms with Crippen molar-refractivity contribution in [1.29, 1.82) is 5.26 Å². The van der Waals surface area contributed by atoms with E-state index in [0.717, 1.165) is 33.8 Å². The van der Waals surface area contributed by atoms with Crippen molar-refractivity contribution >= 4 is 33.0 Å². The van der Waals surface area contributed by atoms with Crippen LogP contribution in [0.25, 0.3) is 0 Å². The summed E-state index contributed by atoms with van der Waals surface area (Å²) in [7, 11) is 0. The zero-order chi connectivity index (χ0) is 13.0. The monoisotopic (exact) mass is 321 g/mol.